The van der Waals surface area contributed by atoms with Crippen LogP contribution in [0.2, 0.25) is 0 Å². The zero-order chi connectivity index (χ0) is 21.2. The smallest absolute Gasteiger partial charge is 0.289 e. The summed E-state index contributed by atoms with van der Waals surface area (Å²) in [4.78, 5) is 27.1. The van der Waals surface area contributed by atoms with E-state index in [4.69, 9.17) is 9.72 Å². The standard InChI is InChI=1S/C22H21BrN4O2S2.ClH/c23-15-6-7-17-19(14-15)31-22(25-17)27(9-3-8-26-10-12-29-13-11-26)21(28)20-24-16-4-1-2-5-18(16)30-20;/h1-2,4-7,14H,3,8-13H2;1H. The average molecular weight is 554 g/mol. The van der Waals surface area contributed by atoms with E-state index in [1.807, 2.05) is 42.5 Å². The highest BCUT2D eigenvalue weighted by atomic mass is 79.9. The van der Waals surface area contributed by atoms with E-state index in [1.54, 1.807) is 16.2 Å². The molecule has 1 aliphatic heterocycles. The molecule has 1 amide bonds. The van der Waals surface area contributed by atoms with Gasteiger partial charge in [-0.15, -0.1) is 23.7 Å². The first-order valence-corrected chi connectivity index (χ1v) is 12.6. The summed E-state index contributed by atoms with van der Waals surface area (Å²) < 4.78 is 8.52. The Kier molecular flexibility index (Phi) is 7.75. The molecule has 2 aromatic carbocycles. The SMILES string of the molecule is Cl.O=C(c1nc2ccccc2s1)N(CCCN1CCOCC1)c1nc2ccc(Br)cc2s1. The maximum absolute atomic E-state index is 13.5. The van der Waals surface area contributed by atoms with Crippen molar-refractivity contribution in [3.05, 3.63) is 51.9 Å². The van der Waals surface area contributed by atoms with E-state index < -0.39 is 0 Å². The van der Waals surface area contributed by atoms with Crippen LogP contribution in [0, 0.1) is 0 Å². The molecule has 1 fully saturated rings. The van der Waals surface area contributed by atoms with Crippen LogP contribution in [-0.4, -0.2) is 60.2 Å². The lowest BCUT2D eigenvalue weighted by Crippen LogP contribution is -2.39. The van der Waals surface area contributed by atoms with Gasteiger partial charge in [0, 0.05) is 30.7 Å². The second-order valence-electron chi connectivity index (χ2n) is 7.36. The third kappa shape index (κ3) is 5.13. The molecule has 10 heteroatoms. The highest BCUT2D eigenvalue weighted by molar-refractivity contribution is 9.10. The Balaban J connectivity index is 0.00000245. The summed E-state index contributed by atoms with van der Waals surface area (Å²) in [5.41, 5.74) is 1.76. The number of hydrogen-bond donors (Lipinski definition) is 0. The van der Waals surface area contributed by atoms with E-state index in [2.05, 4.69) is 25.8 Å². The highest BCUT2D eigenvalue weighted by Gasteiger charge is 2.24. The predicted molar refractivity (Wildman–Crippen MR) is 138 cm³/mol. The van der Waals surface area contributed by atoms with Crippen molar-refractivity contribution in [3.8, 4) is 0 Å². The van der Waals surface area contributed by atoms with Crippen LogP contribution in [0.25, 0.3) is 20.4 Å². The fourth-order valence-electron chi connectivity index (χ4n) is 3.64. The summed E-state index contributed by atoms with van der Waals surface area (Å²) in [7, 11) is 0. The lowest BCUT2D eigenvalue weighted by atomic mass is 10.3. The number of anilines is 1. The Morgan fingerprint density at radius 3 is 2.66 bits per heavy atom. The molecular weight excluding hydrogens is 532 g/mol. The van der Waals surface area contributed by atoms with Gasteiger partial charge in [0.2, 0.25) is 0 Å². The minimum absolute atomic E-state index is 0. The summed E-state index contributed by atoms with van der Waals surface area (Å²) in [6.07, 6.45) is 0.871. The molecule has 0 N–H and O–H groups in total. The summed E-state index contributed by atoms with van der Waals surface area (Å²) >= 11 is 6.51. The largest absolute Gasteiger partial charge is 0.379 e. The van der Waals surface area contributed by atoms with Crippen molar-refractivity contribution < 1.29 is 9.53 Å². The van der Waals surface area contributed by atoms with Crippen LogP contribution < -0.4 is 4.90 Å². The Morgan fingerprint density at radius 1 is 1.06 bits per heavy atom. The van der Waals surface area contributed by atoms with Crippen molar-refractivity contribution in [2.45, 2.75) is 6.42 Å². The number of carbonyl (C=O) groups is 1. The molecule has 0 aliphatic carbocycles. The second-order valence-corrected chi connectivity index (χ2v) is 10.3. The molecule has 32 heavy (non-hydrogen) atoms. The Labute approximate surface area is 208 Å². The third-order valence-electron chi connectivity index (χ3n) is 5.25. The number of aromatic nitrogens is 2. The van der Waals surface area contributed by atoms with Gasteiger partial charge in [0.1, 0.15) is 0 Å². The average Bonchev–Trinajstić information content (AvgIpc) is 3.40. The van der Waals surface area contributed by atoms with Crippen LogP contribution in [0.4, 0.5) is 5.13 Å². The summed E-state index contributed by atoms with van der Waals surface area (Å²) in [5, 5.41) is 1.23. The number of halogens is 2. The molecule has 6 nitrogen and oxygen atoms in total. The summed E-state index contributed by atoms with van der Waals surface area (Å²) in [6, 6.07) is 13.9. The number of para-hydroxylation sites is 1. The van der Waals surface area contributed by atoms with Gasteiger partial charge in [-0.05, 0) is 36.8 Å². The number of nitrogens with zero attached hydrogens (tertiary/aromatic N) is 4. The molecule has 0 spiro atoms. The monoisotopic (exact) mass is 552 g/mol. The van der Waals surface area contributed by atoms with Gasteiger partial charge in [0.15, 0.2) is 10.1 Å². The van der Waals surface area contributed by atoms with Crippen molar-refractivity contribution in [3.63, 3.8) is 0 Å². The molecule has 0 bridgehead atoms. The number of rotatable bonds is 6. The summed E-state index contributed by atoms with van der Waals surface area (Å²) in [5.74, 6) is -0.0821. The van der Waals surface area contributed by atoms with Gasteiger partial charge < -0.3 is 4.74 Å². The van der Waals surface area contributed by atoms with Crippen molar-refractivity contribution in [2.75, 3.05) is 44.3 Å². The normalized spacial score (nSPS) is 14.5. The molecule has 1 saturated heterocycles. The molecule has 5 rings (SSSR count). The number of ether oxygens (including phenoxy) is 1. The first kappa shape index (κ1) is 23.5. The van der Waals surface area contributed by atoms with Gasteiger partial charge in [-0.25, -0.2) is 9.97 Å². The number of carbonyl (C=O) groups excluding carboxylic acids is 1. The van der Waals surface area contributed by atoms with Crippen molar-refractivity contribution >= 4 is 82.5 Å². The van der Waals surface area contributed by atoms with E-state index >= 15 is 0 Å². The maximum atomic E-state index is 13.5. The van der Waals surface area contributed by atoms with Gasteiger partial charge in [-0.1, -0.05) is 39.4 Å². The van der Waals surface area contributed by atoms with E-state index in [-0.39, 0.29) is 18.3 Å². The topological polar surface area (TPSA) is 58.6 Å². The lowest BCUT2D eigenvalue weighted by molar-refractivity contribution is 0.0376. The fourth-order valence-corrected chi connectivity index (χ4v) is 6.10. The first-order valence-electron chi connectivity index (χ1n) is 10.2. The van der Waals surface area contributed by atoms with Crippen LogP contribution in [0.1, 0.15) is 16.2 Å². The van der Waals surface area contributed by atoms with Crippen LogP contribution in [0.15, 0.2) is 46.9 Å². The van der Waals surface area contributed by atoms with Gasteiger partial charge in [0.05, 0.1) is 33.6 Å². The molecule has 0 atom stereocenters. The summed E-state index contributed by atoms with van der Waals surface area (Å²) in [6.45, 7) is 4.99. The third-order valence-corrected chi connectivity index (χ3v) is 7.81. The molecule has 0 saturated carbocycles. The van der Waals surface area contributed by atoms with Crippen LogP contribution >= 0.6 is 51.0 Å². The molecule has 4 aromatic rings. The molecule has 168 valence electrons. The number of amides is 1. The van der Waals surface area contributed by atoms with Crippen molar-refractivity contribution in [1.82, 2.24) is 14.9 Å². The zero-order valence-corrected chi connectivity index (χ0v) is 21.2. The van der Waals surface area contributed by atoms with Gasteiger partial charge >= 0.3 is 0 Å². The van der Waals surface area contributed by atoms with Crippen LogP contribution in [0.5, 0.6) is 0 Å². The van der Waals surface area contributed by atoms with Crippen LogP contribution in [-0.2, 0) is 4.74 Å². The lowest BCUT2D eigenvalue weighted by Gasteiger charge is -2.27. The first-order chi connectivity index (χ1) is 15.2. The van der Waals surface area contributed by atoms with Gasteiger partial charge in [-0.3, -0.25) is 14.6 Å². The van der Waals surface area contributed by atoms with E-state index in [0.29, 0.717) is 11.6 Å². The molecule has 1 aliphatic rings. The number of fused-ring (bicyclic) bond motifs is 2. The van der Waals surface area contributed by atoms with Gasteiger partial charge in [-0.2, -0.15) is 0 Å². The zero-order valence-electron chi connectivity index (χ0n) is 17.2. The van der Waals surface area contributed by atoms with E-state index in [9.17, 15) is 4.79 Å². The Hall–Kier alpha value is -1.62. The molecule has 0 radical (unpaired) electrons. The number of thiazole rings is 2. The Morgan fingerprint density at radius 2 is 1.84 bits per heavy atom. The fraction of sp³-hybridized carbons (Fsp3) is 0.318. The van der Waals surface area contributed by atoms with Crippen LogP contribution in [0.3, 0.4) is 0 Å². The van der Waals surface area contributed by atoms with E-state index in [1.165, 1.54) is 11.3 Å². The number of hydrogen-bond acceptors (Lipinski definition) is 7. The highest BCUT2D eigenvalue weighted by Crippen LogP contribution is 2.32. The van der Waals surface area contributed by atoms with Crippen molar-refractivity contribution in [2.24, 2.45) is 0 Å². The molecule has 0 unspecified atom stereocenters. The minimum Gasteiger partial charge on any atom is -0.379 e. The minimum atomic E-state index is -0.0821. The van der Waals surface area contributed by atoms with E-state index in [0.717, 1.165) is 69.3 Å². The molecular formula is C22H22BrClN4O2S2. The second kappa shape index (κ2) is 10.5. The predicted octanol–water partition coefficient (Wildman–Crippen LogP) is 5.46. The quantitative estimate of drug-likeness (QED) is 0.317. The number of morpholine rings is 1. The molecule has 3 heterocycles. The number of benzene rings is 2. The van der Waals surface area contributed by atoms with Gasteiger partial charge in [0.25, 0.3) is 5.91 Å². The van der Waals surface area contributed by atoms with Crippen molar-refractivity contribution in [1.29, 1.82) is 0 Å². The maximum Gasteiger partial charge on any atom is 0.289 e. The Bertz CT molecular complexity index is 1190. The molecule has 2 aromatic heterocycles.